The fourth-order valence-electron chi connectivity index (χ4n) is 2.60. The Labute approximate surface area is 230 Å². The van der Waals surface area contributed by atoms with Crippen LogP contribution in [-0.2, 0) is 88.1 Å². The summed E-state index contributed by atoms with van der Waals surface area (Å²) < 4.78 is 61.0. The molecule has 0 saturated carbocycles. The molecule has 0 radical (unpaired) electrons. The number of methoxy groups -OCH3 is 2. The van der Waals surface area contributed by atoms with E-state index in [0.717, 1.165) is 34.8 Å². The molecule has 1 N–H and O–H groups in total. The van der Waals surface area contributed by atoms with Crippen molar-refractivity contribution >= 4 is 41.6 Å². The van der Waals surface area contributed by atoms with Crippen molar-refractivity contribution in [2.75, 3.05) is 20.8 Å². The molecule has 2 unspecified atom stereocenters. The molecule has 5 atom stereocenters. The number of ketones is 1. The summed E-state index contributed by atoms with van der Waals surface area (Å²) in [5.74, 6) is -7.98. The monoisotopic (exact) mass is 749 g/mol. The number of alkyl halides is 3. The molecule has 0 amide bonds. The maximum Gasteiger partial charge on any atom is 0.490 e. The van der Waals surface area contributed by atoms with Crippen LogP contribution in [0.5, 0.6) is 0 Å². The van der Waals surface area contributed by atoms with E-state index in [1.807, 2.05) is 0 Å². The van der Waals surface area contributed by atoms with Gasteiger partial charge >= 0.3 is 207 Å². The van der Waals surface area contributed by atoms with E-state index in [0.29, 0.717) is 0 Å². The zero-order valence-corrected chi connectivity index (χ0v) is 26.7. The zero-order valence-electron chi connectivity index (χ0n) is 21.2. The van der Waals surface area contributed by atoms with Gasteiger partial charge in [0, 0.05) is 0 Å². The summed E-state index contributed by atoms with van der Waals surface area (Å²) in [5.41, 5.74) is 0. The largest absolute Gasteiger partial charge is 0.490 e. The summed E-state index contributed by atoms with van der Waals surface area (Å²) in [5, 5.41) is 7.12. The quantitative estimate of drug-likeness (QED) is 0.122. The summed E-state index contributed by atoms with van der Waals surface area (Å²) in [6.45, 7) is 3.75. The summed E-state index contributed by atoms with van der Waals surface area (Å²) in [6.07, 6.45) is -10.7. The van der Waals surface area contributed by atoms with Gasteiger partial charge in [-0.05, 0) is 0 Å². The van der Waals surface area contributed by atoms with Crippen molar-refractivity contribution in [3.8, 4) is 0 Å². The molecule has 0 aliphatic heterocycles. The van der Waals surface area contributed by atoms with Crippen LogP contribution in [0.15, 0.2) is 0 Å². The van der Waals surface area contributed by atoms with Gasteiger partial charge in [-0.2, -0.15) is 13.2 Å². The average Bonchev–Trinajstić information content (AvgIpc) is 2.78. The number of halogens is 3. The standard InChI is InChI=1S/C18H25O12.C2HF3O2.Hg/c1-9(19)27-8-15(28-10(2)20)17(30-12(4)22)16(29-11(3)21)14(25-5)7-13(23)18(24)26-6;3-2(4,5)1(6)7;/h7,14-17H,8H2,1-6H3;(H,6,7);/t14?,15-,16-,17-;;/m1../s1. The Morgan fingerprint density at radius 1 is 0.763 bits per heavy atom. The van der Waals surface area contributed by atoms with Gasteiger partial charge in [-0.3, -0.25) is 0 Å². The van der Waals surface area contributed by atoms with Crippen molar-refractivity contribution in [3.05, 3.63) is 0 Å². The Balaban J connectivity index is 0. The number of esters is 5. The van der Waals surface area contributed by atoms with Crippen LogP contribution < -0.4 is 0 Å². The van der Waals surface area contributed by atoms with Crippen LogP contribution in [0.1, 0.15) is 27.7 Å². The van der Waals surface area contributed by atoms with Crippen molar-refractivity contribution in [1.82, 2.24) is 0 Å². The Morgan fingerprint density at radius 3 is 1.50 bits per heavy atom. The van der Waals surface area contributed by atoms with Gasteiger partial charge in [0.05, 0.1) is 0 Å². The minimum absolute atomic E-state index is 0.447. The smallest absolute Gasteiger partial charge is 0.475 e. The van der Waals surface area contributed by atoms with Crippen LogP contribution in [0.4, 0.5) is 13.2 Å². The normalized spacial score (nSPS) is 14.6. The van der Waals surface area contributed by atoms with E-state index in [4.69, 9.17) is 33.6 Å². The molecular weight excluding hydrogens is 722 g/mol. The first-order valence-corrected chi connectivity index (χ1v) is 13.4. The topological polar surface area (TPSA) is 195 Å². The van der Waals surface area contributed by atoms with Gasteiger partial charge in [0.1, 0.15) is 0 Å². The third-order valence-electron chi connectivity index (χ3n) is 4.02. The zero-order chi connectivity index (χ0) is 30.4. The predicted molar refractivity (Wildman–Crippen MR) is 109 cm³/mol. The number of hydrogen-bond donors (Lipinski definition) is 1. The number of rotatable bonds is 12. The van der Waals surface area contributed by atoms with Gasteiger partial charge < -0.3 is 5.11 Å². The molecule has 0 rings (SSSR count). The third-order valence-corrected chi connectivity index (χ3v) is 7.27. The Kier molecular flexibility index (Phi) is 17.3. The first-order chi connectivity index (χ1) is 17.3. The van der Waals surface area contributed by atoms with Gasteiger partial charge in [0.15, 0.2) is 0 Å². The molecular formula is C20H26F3HgO14. The maximum atomic E-state index is 12.4. The Bertz CT molecular complexity index is 876. The van der Waals surface area contributed by atoms with E-state index in [9.17, 15) is 41.9 Å². The van der Waals surface area contributed by atoms with Crippen LogP contribution in [0, 0.1) is 0 Å². The summed E-state index contributed by atoms with van der Waals surface area (Å²) in [4.78, 5) is 79.4. The number of carbonyl (C=O) groups is 7. The van der Waals surface area contributed by atoms with E-state index in [2.05, 4.69) is 4.74 Å². The van der Waals surface area contributed by atoms with Crippen molar-refractivity contribution in [3.63, 3.8) is 0 Å². The molecule has 0 aromatic carbocycles. The first-order valence-electron chi connectivity index (χ1n) is 10.2. The number of carbonyl (C=O) groups excluding carboxylic acids is 6. The fraction of sp³-hybridized carbons (Fsp3) is 0.650. The second kappa shape index (κ2) is 17.6. The minimum atomic E-state index is -5.08. The molecule has 0 fully saturated rings. The number of carboxylic acids is 1. The Morgan fingerprint density at radius 2 is 1.18 bits per heavy atom. The van der Waals surface area contributed by atoms with Crippen LogP contribution >= 0.6 is 0 Å². The number of Topliss-reactive ketones (excluding diaryl/α,β-unsaturated/α-hetero) is 1. The molecule has 0 aliphatic rings. The van der Waals surface area contributed by atoms with E-state index in [1.165, 1.54) is 7.11 Å². The molecule has 38 heavy (non-hydrogen) atoms. The summed E-state index contributed by atoms with van der Waals surface area (Å²) in [6, 6.07) is 0. The summed E-state index contributed by atoms with van der Waals surface area (Å²) in [7, 11) is 2.23. The molecule has 0 saturated heterocycles. The van der Waals surface area contributed by atoms with Crippen molar-refractivity contribution in [1.29, 1.82) is 0 Å². The van der Waals surface area contributed by atoms with Gasteiger partial charge in [-0.1, -0.05) is 0 Å². The second-order valence-corrected chi connectivity index (χ2v) is 10.5. The van der Waals surface area contributed by atoms with Crippen LogP contribution in [0.2, 0.25) is 3.43 Å². The molecule has 0 spiro atoms. The molecule has 0 aromatic rings. The average molecular weight is 748 g/mol. The second-order valence-electron chi connectivity index (χ2n) is 7.06. The van der Waals surface area contributed by atoms with Gasteiger partial charge in [-0.25, -0.2) is 4.79 Å². The predicted octanol–water partition coefficient (Wildman–Crippen LogP) is 0.0703. The van der Waals surface area contributed by atoms with Crippen LogP contribution in [-0.4, -0.2) is 98.1 Å². The SMILES string of the molecule is COC(=O)C(=O)[CH]([Hg])C(OC)[C@@H](OC(C)=O)[C@H](OC(C)=O)[C@@H](COC(C)=O)OC(C)=O.O=C(O)C(F)(F)F. The molecule has 18 heteroatoms. The number of aliphatic carboxylic acids is 1. The Hall–Kier alpha value is -2.82. The van der Waals surface area contributed by atoms with E-state index in [1.54, 1.807) is 0 Å². The van der Waals surface area contributed by atoms with Gasteiger partial charge in [0.2, 0.25) is 0 Å². The fourth-order valence-corrected chi connectivity index (χ4v) is 5.03. The molecule has 14 nitrogen and oxygen atoms in total. The van der Waals surface area contributed by atoms with Gasteiger partial charge in [0.25, 0.3) is 0 Å². The van der Waals surface area contributed by atoms with E-state index >= 15 is 0 Å². The van der Waals surface area contributed by atoms with Crippen molar-refractivity contribution < 1.29 is 106 Å². The number of carboxylic acid groups (broad SMARTS) is 1. The van der Waals surface area contributed by atoms with E-state index in [-0.39, 0.29) is 0 Å². The van der Waals surface area contributed by atoms with Crippen molar-refractivity contribution in [2.24, 2.45) is 0 Å². The van der Waals surface area contributed by atoms with E-state index < -0.39 is 108 Å². The first kappa shape index (κ1) is 37.3. The molecule has 213 valence electrons. The third kappa shape index (κ3) is 14.8. The molecule has 0 heterocycles. The minimum Gasteiger partial charge on any atom is -0.475 e. The van der Waals surface area contributed by atoms with Crippen LogP contribution in [0.3, 0.4) is 0 Å². The number of ether oxygens (including phenoxy) is 6. The molecule has 0 aliphatic carbocycles. The molecule has 0 bridgehead atoms. The van der Waals surface area contributed by atoms with Gasteiger partial charge in [-0.15, -0.1) is 0 Å². The van der Waals surface area contributed by atoms with Crippen LogP contribution in [0.25, 0.3) is 0 Å². The van der Waals surface area contributed by atoms with Crippen molar-refractivity contribution in [2.45, 2.75) is 61.7 Å². The molecule has 0 aromatic heterocycles. The maximum absolute atomic E-state index is 12.4. The number of hydrogen-bond acceptors (Lipinski definition) is 13. The summed E-state index contributed by atoms with van der Waals surface area (Å²) >= 11 is -0.447.